The van der Waals surface area contributed by atoms with Crippen molar-refractivity contribution in [3.05, 3.63) is 39.8 Å². The number of fused-ring (bicyclic) bond motifs is 1. The van der Waals surface area contributed by atoms with Gasteiger partial charge in [0.25, 0.3) is 0 Å². The average molecular weight is 401 g/mol. The first kappa shape index (κ1) is 19.1. The Morgan fingerprint density at radius 3 is 2.96 bits per heavy atom. The van der Waals surface area contributed by atoms with Crippen molar-refractivity contribution >= 4 is 46.4 Å². The van der Waals surface area contributed by atoms with Crippen LogP contribution in [0.5, 0.6) is 0 Å². The Kier molecular flexibility index (Phi) is 5.88. The number of nitrogens with zero attached hydrogens (tertiary/aromatic N) is 2. The van der Waals surface area contributed by atoms with Crippen LogP contribution in [0.1, 0.15) is 33.4 Å². The molecular formula is C18H15N3O4S2. The lowest BCUT2D eigenvalue weighted by atomic mass is 10.1. The largest absolute Gasteiger partial charge is 0.454 e. The van der Waals surface area contributed by atoms with Gasteiger partial charge in [0, 0.05) is 28.1 Å². The van der Waals surface area contributed by atoms with Crippen molar-refractivity contribution in [2.45, 2.75) is 24.2 Å². The summed E-state index contributed by atoms with van der Waals surface area (Å²) >= 11 is 2.75. The molecule has 2 aromatic rings. The summed E-state index contributed by atoms with van der Waals surface area (Å²) in [6.07, 6.45) is 0.402. The second-order valence-electron chi connectivity index (χ2n) is 5.79. The number of aromatic nitrogens is 1. The second-order valence-corrected chi connectivity index (χ2v) is 7.82. The Balaban J connectivity index is 1.66. The predicted molar refractivity (Wildman–Crippen MR) is 101 cm³/mol. The molecule has 1 aliphatic heterocycles. The van der Waals surface area contributed by atoms with Crippen LogP contribution in [0.2, 0.25) is 0 Å². The highest BCUT2D eigenvalue weighted by Crippen LogP contribution is 2.31. The summed E-state index contributed by atoms with van der Waals surface area (Å²) in [4.78, 5) is 41.2. The summed E-state index contributed by atoms with van der Waals surface area (Å²) in [7, 11) is 0. The maximum absolute atomic E-state index is 12.3. The number of ether oxygens (including phenoxy) is 1. The van der Waals surface area contributed by atoms with Crippen molar-refractivity contribution in [1.29, 1.82) is 5.26 Å². The lowest BCUT2D eigenvalue weighted by Gasteiger charge is -2.10. The standard InChI is InChI=1S/C18H15N3O4S2/c1-10-9-27-17(20-10)12(7-19)14(22)8-25-18(24)11-2-3-15-13(6-11)21-16(23)4-5-26-15/h2-3,6,9,12H,4-5,8H2,1H3,(H,21,23)/t12-/m0/s1. The van der Waals surface area contributed by atoms with E-state index < -0.39 is 24.3 Å². The van der Waals surface area contributed by atoms with Gasteiger partial charge >= 0.3 is 5.97 Å². The van der Waals surface area contributed by atoms with Crippen LogP contribution in [0.4, 0.5) is 5.69 Å². The predicted octanol–water partition coefficient (Wildman–Crippen LogP) is 2.92. The molecule has 0 radical (unpaired) electrons. The highest BCUT2D eigenvalue weighted by atomic mass is 32.2. The van der Waals surface area contributed by atoms with E-state index in [4.69, 9.17) is 4.74 Å². The first-order chi connectivity index (χ1) is 13.0. The highest BCUT2D eigenvalue weighted by molar-refractivity contribution is 7.99. The van der Waals surface area contributed by atoms with Crippen LogP contribution in [-0.4, -0.2) is 35.0 Å². The number of aryl methyl sites for hydroxylation is 1. The molecule has 27 heavy (non-hydrogen) atoms. The molecule has 1 atom stereocenters. The normalized spacial score (nSPS) is 14.3. The molecule has 2 heterocycles. The number of Topliss-reactive ketones (excluding diaryl/α,β-unsaturated/α-hetero) is 1. The van der Waals surface area contributed by atoms with Crippen LogP contribution >= 0.6 is 23.1 Å². The minimum Gasteiger partial charge on any atom is -0.454 e. The van der Waals surface area contributed by atoms with E-state index in [0.717, 1.165) is 10.6 Å². The first-order valence-corrected chi connectivity index (χ1v) is 9.92. The Morgan fingerprint density at radius 2 is 2.26 bits per heavy atom. The number of carbonyl (C=O) groups is 3. The number of hydrogen-bond acceptors (Lipinski definition) is 8. The van der Waals surface area contributed by atoms with Gasteiger partial charge in [-0.3, -0.25) is 9.59 Å². The molecule has 7 nitrogen and oxygen atoms in total. The Labute approximate surface area is 163 Å². The molecule has 9 heteroatoms. The van der Waals surface area contributed by atoms with Crippen LogP contribution in [0.25, 0.3) is 0 Å². The van der Waals surface area contributed by atoms with Gasteiger partial charge in [0.15, 0.2) is 18.3 Å². The molecule has 0 aliphatic carbocycles. The Hall–Kier alpha value is -2.70. The van der Waals surface area contributed by atoms with E-state index in [1.54, 1.807) is 24.4 Å². The van der Waals surface area contributed by atoms with Gasteiger partial charge in [-0.1, -0.05) is 0 Å². The molecule has 1 aromatic carbocycles. The van der Waals surface area contributed by atoms with Gasteiger partial charge in [0.2, 0.25) is 5.91 Å². The van der Waals surface area contributed by atoms with Crippen molar-refractivity contribution in [1.82, 2.24) is 4.98 Å². The molecule has 138 valence electrons. The number of nitrogens with one attached hydrogen (secondary N) is 1. The molecule has 0 saturated heterocycles. The average Bonchev–Trinajstić information content (AvgIpc) is 2.97. The number of rotatable bonds is 5. The lowest BCUT2D eigenvalue weighted by Crippen LogP contribution is -2.20. The molecule has 0 spiro atoms. The molecule has 1 amide bonds. The van der Waals surface area contributed by atoms with Crippen molar-refractivity contribution in [3.8, 4) is 6.07 Å². The molecule has 1 N–H and O–H groups in total. The Morgan fingerprint density at radius 1 is 1.44 bits per heavy atom. The number of anilines is 1. The summed E-state index contributed by atoms with van der Waals surface area (Å²) < 4.78 is 5.07. The van der Waals surface area contributed by atoms with Crippen LogP contribution < -0.4 is 5.32 Å². The zero-order chi connectivity index (χ0) is 19.4. The fourth-order valence-electron chi connectivity index (χ4n) is 2.42. The molecule has 1 aliphatic rings. The molecular weight excluding hydrogens is 386 g/mol. The summed E-state index contributed by atoms with van der Waals surface area (Å²) in [6, 6.07) is 6.76. The summed E-state index contributed by atoms with van der Waals surface area (Å²) in [5.74, 6) is -1.72. The maximum Gasteiger partial charge on any atom is 0.338 e. The van der Waals surface area contributed by atoms with Crippen molar-refractivity contribution < 1.29 is 19.1 Å². The summed E-state index contributed by atoms with van der Waals surface area (Å²) in [5, 5.41) is 14.1. The fraction of sp³-hybridized carbons (Fsp3) is 0.278. The zero-order valence-electron chi connectivity index (χ0n) is 14.4. The van der Waals surface area contributed by atoms with Crippen LogP contribution in [0.3, 0.4) is 0 Å². The molecule has 0 unspecified atom stereocenters. The van der Waals surface area contributed by atoms with Gasteiger partial charge in [-0.2, -0.15) is 5.26 Å². The number of amides is 1. The zero-order valence-corrected chi connectivity index (χ0v) is 16.0. The number of benzene rings is 1. The van der Waals surface area contributed by atoms with Gasteiger partial charge < -0.3 is 10.1 Å². The van der Waals surface area contributed by atoms with E-state index in [1.165, 1.54) is 29.2 Å². The van der Waals surface area contributed by atoms with E-state index >= 15 is 0 Å². The van der Waals surface area contributed by atoms with Gasteiger partial charge in [-0.05, 0) is 25.1 Å². The molecule has 0 fully saturated rings. The number of thioether (sulfide) groups is 1. The first-order valence-electron chi connectivity index (χ1n) is 8.06. The van der Waals surface area contributed by atoms with Crippen LogP contribution in [-0.2, 0) is 14.3 Å². The third kappa shape index (κ3) is 4.53. The minimum atomic E-state index is -1.06. The van der Waals surface area contributed by atoms with Gasteiger partial charge in [0.1, 0.15) is 5.01 Å². The summed E-state index contributed by atoms with van der Waals surface area (Å²) in [6.45, 7) is 1.25. The van der Waals surface area contributed by atoms with Crippen molar-refractivity contribution in [2.24, 2.45) is 0 Å². The van der Waals surface area contributed by atoms with Crippen LogP contribution in [0.15, 0.2) is 28.5 Å². The quantitative estimate of drug-likeness (QED) is 0.767. The summed E-state index contributed by atoms with van der Waals surface area (Å²) in [5.41, 5.74) is 1.50. The fourth-order valence-corrected chi connectivity index (χ4v) is 4.22. The second kappa shape index (κ2) is 8.33. The third-order valence-corrected chi connectivity index (χ3v) is 5.86. The number of carbonyl (C=O) groups excluding carboxylic acids is 3. The molecule has 3 rings (SSSR count). The smallest absolute Gasteiger partial charge is 0.338 e. The maximum atomic E-state index is 12.3. The number of hydrogen-bond donors (Lipinski definition) is 1. The topological polar surface area (TPSA) is 109 Å². The lowest BCUT2D eigenvalue weighted by molar-refractivity contribution is -0.122. The number of nitriles is 1. The van der Waals surface area contributed by atoms with E-state index in [0.29, 0.717) is 22.9 Å². The molecule has 0 bridgehead atoms. The highest BCUT2D eigenvalue weighted by Gasteiger charge is 2.25. The van der Waals surface area contributed by atoms with Crippen molar-refractivity contribution in [3.63, 3.8) is 0 Å². The molecule has 0 saturated carbocycles. The number of esters is 1. The SMILES string of the molecule is Cc1csc([C@@H](C#N)C(=O)COC(=O)c2ccc3c(c2)NC(=O)CCS3)n1. The van der Waals surface area contributed by atoms with E-state index in [2.05, 4.69) is 10.3 Å². The van der Waals surface area contributed by atoms with Gasteiger partial charge in [-0.15, -0.1) is 23.1 Å². The third-order valence-electron chi connectivity index (χ3n) is 3.76. The van der Waals surface area contributed by atoms with Crippen LogP contribution in [0, 0.1) is 18.3 Å². The van der Waals surface area contributed by atoms with E-state index in [9.17, 15) is 19.6 Å². The number of thiazole rings is 1. The van der Waals surface area contributed by atoms with E-state index in [1.807, 2.05) is 6.07 Å². The Bertz CT molecular complexity index is 948. The van der Waals surface area contributed by atoms with Crippen molar-refractivity contribution in [2.75, 3.05) is 17.7 Å². The monoisotopic (exact) mass is 401 g/mol. The number of ketones is 1. The van der Waals surface area contributed by atoms with Gasteiger partial charge in [-0.25, -0.2) is 9.78 Å². The van der Waals surface area contributed by atoms with E-state index in [-0.39, 0.29) is 11.5 Å². The molecule has 1 aromatic heterocycles. The van der Waals surface area contributed by atoms with Gasteiger partial charge in [0.05, 0.1) is 17.3 Å². The minimum absolute atomic E-state index is 0.113.